The maximum atomic E-state index is 11.2. The lowest BCUT2D eigenvalue weighted by Gasteiger charge is -2.22. The fourth-order valence-corrected chi connectivity index (χ4v) is 1.10. The quantitative estimate of drug-likeness (QED) is 0.292. The molecule has 0 aromatic carbocycles. The zero-order chi connectivity index (χ0) is 11.2. The molecule has 7 N–H and O–H groups in total. The van der Waals surface area contributed by atoms with E-state index in [1.165, 1.54) is 0 Å². The Balaban J connectivity index is 4.40. The van der Waals surface area contributed by atoms with Crippen LogP contribution < -0.4 is 17.2 Å². The number of hydrogen-bond acceptors (Lipinski definition) is 5. The summed E-state index contributed by atoms with van der Waals surface area (Å²) in [6, 6.07) is 0. The summed E-state index contributed by atoms with van der Waals surface area (Å²) in [4.78, 5) is 22.0. The molecular weight excluding hydrogens is 186 g/mol. The number of carboxylic acid groups (broad SMARTS) is 1. The number of rotatable bonds is 7. The van der Waals surface area contributed by atoms with Crippen molar-refractivity contribution in [2.24, 2.45) is 17.2 Å². The van der Waals surface area contributed by atoms with Crippen LogP contribution in [0.5, 0.6) is 0 Å². The minimum Gasteiger partial charge on any atom is -0.480 e. The highest BCUT2D eigenvalue weighted by Crippen LogP contribution is 2.12. The molecule has 0 spiro atoms. The van der Waals surface area contributed by atoms with Gasteiger partial charge in [0.1, 0.15) is 0 Å². The summed E-state index contributed by atoms with van der Waals surface area (Å²) in [6.45, 7) is 0.0952. The highest BCUT2D eigenvalue weighted by molar-refractivity contribution is 6.08. The lowest BCUT2D eigenvalue weighted by Crippen LogP contribution is -2.57. The van der Waals surface area contributed by atoms with Crippen LogP contribution in [-0.2, 0) is 9.59 Å². The van der Waals surface area contributed by atoms with Gasteiger partial charge in [-0.1, -0.05) is 0 Å². The second-order valence-electron chi connectivity index (χ2n) is 3.15. The summed E-state index contributed by atoms with van der Waals surface area (Å²) in [6.07, 6.45) is 1.23. The van der Waals surface area contributed by atoms with Gasteiger partial charge < -0.3 is 22.3 Å². The third kappa shape index (κ3) is 3.06. The van der Waals surface area contributed by atoms with Gasteiger partial charge in [-0.2, -0.15) is 0 Å². The van der Waals surface area contributed by atoms with E-state index in [0.717, 1.165) is 0 Å². The molecule has 0 aromatic heterocycles. The summed E-state index contributed by atoms with van der Waals surface area (Å²) in [5.74, 6) is -1.98. The number of nitrogens with two attached hydrogens (primary N) is 3. The van der Waals surface area contributed by atoms with E-state index in [0.29, 0.717) is 19.4 Å². The zero-order valence-corrected chi connectivity index (χ0v) is 8.03. The first-order valence-corrected chi connectivity index (χ1v) is 4.44. The molecule has 0 bridgehead atoms. The number of carboxylic acids is 1. The molecule has 0 fully saturated rings. The van der Waals surface area contributed by atoms with Crippen LogP contribution in [0.25, 0.3) is 0 Å². The number of carbonyl (C=O) groups is 2. The van der Waals surface area contributed by atoms with Crippen LogP contribution in [0.15, 0.2) is 0 Å². The Morgan fingerprint density at radius 2 is 1.79 bits per heavy atom. The molecule has 1 atom stereocenters. The van der Waals surface area contributed by atoms with Gasteiger partial charge in [-0.15, -0.1) is 0 Å². The smallest absolute Gasteiger partial charge is 0.331 e. The predicted molar refractivity (Wildman–Crippen MR) is 51.5 cm³/mol. The fourth-order valence-electron chi connectivity index (χ4n) is 1.10. The van der Waals surface area contributed by atoms with Gasteiger partial charge >= 0.3 is 5.97 Å². The van der Waals surface area contributed by atoms with Crippen LogP contribution in [0.3, 0.4) is 0 Å². The van der Waals surface area contributed by atoms with E-state index in [-0.39, 0.29) is 13.0 Å². The van der Waals surface area contributed by atoms with Gasteiger partial charge in [-0.25, -0.2) is 4.79 Å². The molecule has 0 saturated heterocycles. The third-order valence-corrected chi connectivity index (χ3v) is 2.09. The van der Waals surface area contributed by atoms with Gasteiger partial charge in [-0.3, -0.25) is 4.79 Å². The third-order valence-electron chi connectivity index (χ3n) is 2.09. The fraction of sp³-hybridized carbons (Fsp3) is 0.750. The maximum Gasteiger partial charge on any atom is 0.331 e. The van der Waals surface area contributed by atoms with E-state index in [1.54, 1.807) is 0 Å². The lowest BCUT2D eigenvalue weighted by atomic mass is 9.89. The summed E-state index contributed by atoms with van der Waals surface area (Å²) in [5.41, 5.74) is 13.9. The Labute approximate surface area is 82.4 Å². The van der Waals surface area contributed by atoms with Gasteiger partial charge in [0.25, 0.3) is 0 Å². The van der Waals surface area contributed by atoms with Crippen molar-refractivity contribution in [3.05, 3.63) is 0 Å². The van der Waals surface area contributed by atoms with Crippen LogP contribution >= 0.6 is 0 Å². The number of ketones is 1. The first kappa shape index (κ1) is 13.0. The first-order valence-electron chi connectivity index (χ1n) is 4.44. The van der Waals surface area contributed by atoms with Crippen LogP contribution in [0.1, 0.15) is 19.3 Å². The average molecular weight is 203 g/mol. The van der Waals surface area contributed by atoms with Crippen molar-refractivity contribution in [2.75, 3.05) is 13.1 Å². The maximum absolute atomic E-state index is 11.2. The van der Waals surface area contributed by atoms with Crippen molar-refractivity contribution in [3.63, 3.8) is 0 Å². The second kappa shape index (κ2) is 5.69. The van der Waals surface area contributed by atoms with Gasteiger partial charge in [0.05, 0.1) is 6.54 Å². The van der Waals surface area contributed by atoms with Crippen LogP contribution in [0, 0.1) is 0 Å². The molecular formula is C8H17N3O3. The predicted octanol–water partition coefficient (Wildman–Crippen LogP) is -1.57. The van der Waals surface area contributed by atoms with E-state index in [4.69, 9.17) is 22.3 Å². The number of carbonyl (C=O) groups excluding carboxylic acids is 1. The summed E-state index contributed by atoms with van der Waals surface area (Å²) in [5, 5.41) is 8.80. The minimum atomic E-state index is -1.84. The topological polar surface area (TPSA) is 132 Å². The van der Waals surface area contributed by atoms with Crippen LogP contribution in [0.2, 0.25) is 0 Å². The molecule has 0 radical (unpaired) electrons. The Kier molecular flexibility index (Phi) is 5.29. The Morgan fingerprint density at radius 1 is 1.21 bits per heavy atom. The van der Waals surface area contributed by atoms with E-state index in [2.05, 4.69) is 0 Å². The SMILES string of the molecule is NCCCC[C@](N)(C(=O)O)C(=O)CN. The van der Waals surface area contributed by atoms with Crippen molar-refractivity contribution in [3.8, 4) is 0 Å². The molecule has 0 rings (SSSR count). The first-order chi connectivity index (χ1) is 6.49. The van der Waals surface area contributed by atoms with Crippen molar-refractivity contribution < 1.29 is 14.7 Å². The molecule has 0 heterocycles. The number of aliphatic carboxylic acids is 1. The number of Topliss-reactive ketones (excluding diaryl/α,β-unsaturated/α-hetero) is 1. The highest BCUT2D eigenvalue weighted by Gasteiger charge is 2.40. The molecule has 0 unspecified atom stereocenters. The number of unbranched alkanes of at least 4 members (excludes halogenated alkanes) is 1. The Hall–Kier alpha value is -0.980. The molecule has 6 nitrogen and oxygen atoms in total. The second-order valence-corrected chi connectivity index (χ2v) is 3.15. The normalized spacial score (nSPS) is 14.8. The van der Waals surface area contributed by atoms with E-state index in [1.807, 2.05) is 0 Å². The standard InChI is InChI=1S/C8H17N3O3/c9-4-2-1-3-8(11,7(13)14)6(12)5-10/h1-5,9-11H2,(H,13,14)/t8-/m1/s1. The minimum absolute atomic E-state index is 0.0789. The van der Waals surface area contributed by atoms with Gasteiger partial charge in [-0.05, 0) is 25.8 Å². The zero-order valence-electron chi connectivity index (χ0n) is 8.03. The average Bonchev–Trinajstić information content (AvgIpc) is 2.16. The monoisotopic (exact) mass is 203 g/mol. The van der Waals surface area contributed by atoms with Gasteiger partial charge in [0.2, 0.25) is 0 Å². The molecule has 0 aliphatic carbocycles. The summed E-state index contributed by atoms with van der Waals surface area (Å²) >= 11 is 0. The van der Waals surface area contributed by atoms with Crippen molar-refractivity contribution in [1.82, 2.24) is 0 Å². The molecule has 0 saturated carbocycles. The highest BCUT2D eigenvalue weighted by atomic mass is 16.4. The molecule has 14 heavy (non-hydrogen) atoms. The molecule has 0 aliphatic rings. The van der Waals surface area contributed by atoms with Crippen molar-refractivity contribution in [1.29, 1.82) is 0 Å². The van der Waals surface area contributed by atoms with Crippen molar-refractivity contribution >= 4 is 11.8 Å². The van der Waals surface area contributed by atoms with E-state index in [9.17, 15) is 9.59 Å². The molecule has 0 amide bonds. The molecule has 82 valence electrons. The van der Waals surface area contributed by atoms with Crippen molar-refractivity contribution in [2.45, 2.75) is 24.8 Å². The van der Waals surface area contributed by atoms with Crippen LogP contribution in [0.4, 0.5) is 0 Å². The molecule has 0 aromatic rings. The number of hydrogen-bond donors (Lipinski definition) is 4. The molecule has 6 heteroatoms. The Morgan fingerprint density at radius 3 is 2.14 bits per heavy atom. The van der Waals surface area contributed by atoms with E-state index >= 15 is 0 Å². The summed E-state index contributed by atoms with van der Waals surface area (Å²) < 4.78 is 0. The molecule has 0 aliphatic heterocycles. The van der Waals surface area contributed by atoms with E-state index < -0.39 is 17.3 Å². The van der Waals surface area contributed by atoms with Crippen LogP contribution in [-0.4, -0.2) is 35.5 Å². The lowest BCUT2D eigenvalue weighted by molar-refractivity contribution is -0.148. The summed E-state index contributed by atoms with van der Waals surface area (Å²) in [7, 11) is 0. The Bertz CT molecular complexity index is 220. The largest absolute Gasteiger partial charge is 0.480 e. The van der Waals surface area contributed by atoms with Gasteiger partial charge in [0.15, 0.2) is 11.3 Å². The van der Waals surface area contributed by atoms with Gasteiger partial charge in [0, 0.05) is 0 Å².